The maximum atomic E-state index is 5.58. The Kier molecular flexibility index (Phi) is 3.45. The number of hydrogen-bond acceptors (Lipinski definition) is 3. The second-order valence-electron chi connectivity index (χ2n) is 3.88. The summed E-state index contributed by atoms with van der Waals surface area (Å²) in [6.07, 6.45) is 0. The Balaban J connectivity index is 2.68. The summed E-state index contributed by atoms with van der Waals surface area (Å²) in [7, 11) is 0. The average Bonchev–Trinajstić information content (AvgIpc) is 2.49. The van der Waals surface area contributed by atoms with Crippen LogP contribution in [0.2, 0.25) is 0 Å². The van der Waals surface area contributed by atoms with E-state index in [-0.39, 0.29) is 5.41 Å². The third kappa shape index (κ3) is 2.78. The predicted molar refractivity (Wildman–Crippen MR) is 58.3 cm³/mol. The molecule has 0 atom stereocenters. The van der Waals surface area contributed by atoms with Gasteiger partial charge in [0, 0.05) is 17.8 Å². The maximum Gasteiger partial charge on any atom is 0.111 e. The molecule has 1 aromatic heterocycles. The second kappa shape index (κ2) is 4.20. The number of thiol groups is 1. The molecule has 0 spiro atoms. The standard InChI is InChI=1S/C10H17NOS/c1-8-4-5-9(12-8)10(2,3)6-11-7-13/h4-5,11,13H,6-7H2,1-3H3. The molecule has 1 rings (SSSR count). The van der Waals surface area contributed by atoms with E-state index in [1.807, 2.05) is 19.1 Å². The largest absolute Gasteiger partial charge is 0.466 e. The van der Waals surface area contributed by atoms with Gasteiger partial charge in [0.1, 0.15) is 11.5 Å². The molecule has 1 N–H and O–H groups in total. The van der Waals surface area contributed by atoms with Crippen molar-refractivity contribution in [3.63, 3.8) is 0 Å². The highest BCUT2D eigenvalue weighted by molar-refractivity contribution is 7.80. The molecule has 0 amide bonds. The van der Waals surface area contributed by atoms with Gasteiger partial charge in [-0.05, 0) is 19.1 Å². The zero-order chi connectivity index (χ0) is 9.90. The lowest BCUT2D eigenvalue weighted by Crippen LogP contribution is -2.31. The Hall–Kier alpha value is -0.410. The molecule has 0 radical (unpaired) electrons. The fourth-order valence-corrected chi connectivity index (χ4v) is 1.37. The van der Waals surface area contributed by atoms with Crippen LogP contribution in [0, 0.1) is 6.92 Å². The van der Waals surface area contributed by atoms with Gasteiger partial charge in [-0.25, -0.2) is 0 Å². The Labute approximate surface area is 85.1 Å². The Bertz CT molecular complexity index is 268. The fourth-order valence-electron chi connectivity index (χ4n) is 1.25. The first-order valence-electron chi connectivity index (χ1n) is 4.45. The van der Waals surface area contributed by atoms with Gasteiger partial charge < -0.3 is 9.73 Å². The summed E-state index contributed by atoms with van der Waals surface area (Å²) in [5.74, 6) is 2.69. The molecule has 0 fully saturated rings. The van der Waals surface area contributed by atoms with Crippen molar-refractivity contribution in [2.75, 3.05) is 12.4 Å². The first-order valence-corrected chi connectivity index (χ1v) is 5.08. The third-order valence-corrected chi connectivity index (χ3v) is 2.31. The predicted octanol–water partition coefficient (Wildman–Crippen LogP) is 2.34. The van der Waals surface area contributed by atoms with Crippen molar-refractivity contribution in [1.29, 1.82) is 0 Å². The van der Waals surface area contributed by atoms with Crippen LogP contribution in [0.1, 0.15) is 25.4 Å². The van der Waals surface area contributed by atoms with Crippen LogP contribution in [0.25, 0.3) is 0 Å². The van der Waals surface area contributed by atoms with Crippen LogP contribution in [0.4, 0.5) is 0 Å². The van der Waals surface area contributed by atoms with Crippen molar-refractivity contribution in [1.82, 2.24) is 5.32 Å². The van der Waals surface area contributed by atoms with Gasteiger partial charge in [-0.15, -0.1) is 0 Å². The number of hydrogen-bond donors (Lipinski definition) is 2. The lowest BCUT2D eigenvalue weighted by atomic mass is 9.90. The van der Waals surface area contributed by atoms with Gasteiger partial charge in [-0.2, -0.15) is 12.6 Å². The molecular formula is C10H17NOS. The van der Waals surface area contributed by atoms with Crippen LogP contribution in [0.15, 0.2) is 16.5 Å². The number of nitrogens with one attached hydrogen (secondary N) is 1. The monoisotopic (exact) mass is 199 g/mol. The van der Waals surface area contributed by atoms with Crippen molar-refractivity contribution < 1.29 is 4.42 Å². The molecule has 0 saturated heterocycles. The summed E-state index contributed by atoms with van der Waals surface area (Å²) in [6.45, 7) is 7.15. The molecule has 0 aliphatic carbocycles. The van der Waals surface area contributed by atoms with E-state index >= 15 is 0 Å². The van der Waals surface area contributed by atoms with Crippen LogP contribution in [0.3, 0.4) is 0 Å². The fraction of sp³-hybridized carbons (Fsp3) is 0.600. The Morgan fingerprint density at radius 2 is 2.15 bits per heavy atom. The molecule has 0 bridgehead atoms. The molecule has 13 heavy (non-hydrogen) atoms. The molecule has 0 aliphatic rings. The van der Waals surface area contributed by atoms with Crippen LogP contribution in [-0.2, 0) is 5.41 Å². The first-order chi connectivity index (χ1) is 6.06. The van der Waals surface area contributed by atoms with Crippen molar-refractivity contribution >= 4 is 12.6 Å². The van der Waals surface area contributed by atoms with E-state index in [2.05, 4.69) is 31.8 Å². The van der Waals surface area contributed by atoms with Crippen molar-refractivity contribution in [2.45, 2.75) is 26.2 Å². The molecule has 1 heterocycles. The minimum absolute atomic E-state index is 0.0387. The Morgan fingerprint density at radius 1 is 1.46 bits per heavy atom. The Morgan fingerprint density at radius 3 is 2.62 bits per heavy atom. The van der Waals surface area contributed by atoms with Gasteiger partial charge in [0.05, 0.1) is 0 Å². The lowest BCUT2D eigenvalue weighted by Gasteiger charge is -2.21. The summed E-state index contributed by atoms with van der Waals surface area (Å²) >= 11 is 4.11. The molecule has 0 aliphatic heterocycles. The van der Waals surface area contributed by atoms with Crippen LogP contribution >= 0.6 is 12.6 Å². The quantitative estimate of drug-likeness (QED) is 0.575. The van der Waals surface area contributed by atoms with Gasteiger partial charge in [-0.3, -0.25) is 0 Å². The summed E-state index contributed by atoms with van der Waals surface area (Å²) in [5, 5.41) is 3.20. The number of aryl methyl sites for hydroxylation is 1. The van der Waals surface area contributed by atoms with Crippen molar-refractivity contribution in [2.24, 2.45) is 0 Å². The van der Waals surface area contributed by atoms with Gasteiger partial charge in [-0.1, -0.05) is 13.8 Å². The molecule has 0 unspecified atom stereocenters. The third-order valence-electron chi connectivity index (χ3n) is 2.09. The summed E-state index contributed by atoms with van der Waals surface area (Å²) in [6, 6.07) is 4.04. The molecule has 74 valence electrons. The molecule has 0 saturated carbocycles. The van der Waals surface area contributed by atoms with Crippen molar-refractivity contribution in [3.8, 4) is 0 Å². The summed E-state index contributed by atoms with van der Waals surface area (Å²) in [4.78, 5) is 0. The molecule has 1 aromatic rings. The minimum Gasteiger partial charge on any atom is -0.466 e. The average molecular weight is 199 g/mol. The van der Waals surface area contributed by atoms with E-state index in [4.69, 9.17) is 4.42 Å². The van der Waals surface area contributed by atoms with E-state index < -0.39 is 0 Å². The van der Waals surface area contributed by atoms with Crippen LogP contribution in [0.5, 0.6) is 0 Å². The minimum atomic E-state index is 0.0387. The highest BCUT2D eigenvalue weighted by atomic mass is 32.1. The van der Waals surface area contributed by atoms with Gasteiger partial charge in [0.25, 0.3) is 0 Å². The van der Waals surface area contributed by atoms with E-state index in [1.165, 1.54) is 0 Å². The van der Waals surface area contributed by atoms with Crippen LogP contribution < -0.4 is 5.32 Å². The van der Waals surface area contributed by atoms with E-state index in [0.717, 1.165) is 18.1 Å². The van der Waals surface area contributed by atoms with E-state index in [9.17, 15) is 0 Å². The maximum absolute atomic E-state index is 5.58. The SMILES string of the molecule is Cc1ccc(C(C)(C)CNCS)o1. The zero-order valence-electron chi connectivity index (χ0n) is 8.42. The summed E-state index contributed by atoms with van der Waals surface area (Å²) in [5.41, 5.74) is 0.0387. The van der Waals surface area contributed by atoms with Gasteiger partial charge in [0.2, 0.25) is 0 Å². The zero-order valence-corrected chi connectivity index (χ0v) is 9.32. The first kappa shape index (κ1) is 10.7. The van der Waals surface area contributed by atoms with Crippen molar-refractivity contribution in [3.05, 3.63) is 23.7 Å². The lowest BCUT2D eigenvalue weighted by molar-refractivity contribution is 0.364. The number of rotatable bonds is 4. The molecular weight excluding hydrogens is 182 g/mol. The van der Waals surface area contributed by atoms with Gasteiger partial charge >= 0.3 is 0 Å². The molecule has 2 nitrogen and oxygen atoms in total. The highest BCUT2D eigenvalue weighted by Gasteiger charge is 2.23. The molecule has 3 heteroatoms. The van der Waals surface area contributed by atoms with E-state index in [1.54, 1.807) is 0 Å². The highest BCUT2D eigenvalue weighted by Crippen LogP contribution is 2.24. The summed E-state index contributed by atoms with van der Waals surface area (Å²) < 4.78 is 5.58. The smallest absolute Gasteiger partial charge is 0.111 e. The second-order valence-corrected chi connectivity index (χ2v) is 4.20. The normalized spacial score (nSPS) is 12.0. The number of furan rings is 1. The van der Waals surface area contributed by atoms with E-state index in [0.29, 0.717) is 5.88 Å². The topological polar surface area (TPSA) is 25.2 Å². The van der Waals surface area contributed by atoms with Gasteiger partial charge in [0.15, 0.2) is 0 Å². The molecule has 0 aromatic carbocycles. The van der Waals surface area contributed by atoms with Crippen LogP contribution in [-0.4, -0.2) is 12.4 Å².